The first-order valence-corrected chi connectivity index (χ1v) is 7.34. The molecule has 1 atom stereocenters. The molecule has 19 heavy (non-hydrogen) atoms. The average molecular weight is 263 g/mol. The quantitative estimate of drug-likeness (QED) is 0.822. The van der Waals surface area contributed by atoms with Crippen LogP contribution < -0.4 is 10.6 Å². The van der Waals surface area contributed by atoms with Crippen LogP contribution in [0.2, 0.25) is 0 Å². The second kappa shape index (κ2) is 7.49. The standard InChI is InChI=1S/C16H29N3/c1-12(2)10-19(11-13(3)4)16-7-6-15(9-18-16)8-14(5)17/h6-7,9,12-14H,8,10-11,17H2,1-5H3. The summed E-state index contributed by atoms with van der Waals surface area (Å²) in [6.07, 6.45) is 2.86. The molecule has 0 amide bonds. The van der Waals surface area contributed by atoms with E-state index in [0.717, 1.165) is 25.3 Å². The maximum atomic E-state index is 5.82. The molecule has 1 aromatic heterocycles. The lowest BCUT2D eigenvalue weighted by Crippen LogP contribution is -2.32. The van der Waals surface area contributed by atoms with Crippen molar-refractivity contribution in [3.05, 3.63) is 23.9 Å². The fourth-order valence-corrected chi connectivity index (χ4v) is 2.24. The van der Waals surface area contributed by atoms with Gasteiger partial charge in [0, 0.05) is 25.3 Å². The molecule has 1 rings (SSSR count). The monoisotopic (exact) mass is 263 g/mol. The van der Waals surface area contributed by atoms with E-state index in [9.17, 15) is 0 Å². The van der Waals surface area contributed by atoms with Crippen molar-refractivity contribution in [1.29, 1.82) is 0 Å². The molecule has 108 valence electrons. The second-order valence-corrected chi connectivity index (χ2v) is 6.40. The molecule has 0 aliphatic rings. The Morgan fingerprint density at radius 1 is 1.05 bits per heavy atom. The van der Waals surface area contributed by atoms with Gasteiger partial charge in [0.1, 0.15) is 5.82 Å². The van der Waals surface area contributed by atoms with Crippen molar-refractivity contribution in [3.63, 3.8) is 0 Å². The van der Waals surface area contributed by atoms with Crippen LogP contribution >= 0.6 is 0 Å². The highest BCUT2D eigenvalue weighted by Gasteiger charge is 2.11. The summed E-state index contributed by atoms with van der Waals surface area (Å²) in [6, 6.07) is 4.47. The van der Waals surface area contributed by atoms with Crippen LogP contribution in [0.4, 0.5) is 5.82 Å². The van der Waals surface area contributed by atoms with E-state index in [4.69, 9.17) is 5.73 Å². The number of nitrogens with two attached hydrogens (primary N) is 1. The molecule has 0 radical (unpaired) electrons. The van der Waals surface area contributed by atoms with Crippen LogP contribution in [-0.2, 0) is 6.42 Å². The van der Waals surface area contributed by atoms with E-state index in [0.29, 0.717) is 11.8 Å². The highest BCUT2D eigenvalue weighted by atomic mass is 15.2. The van der Waals surface area contributed by atoms with E-state index < -0.39 is 0 Å². The fourth-order valence-electron chi connectivity index (χ4n) is 2.24. The van der Waals surface area contributed by atoms with Crippen LogP contribution in [0.25, 0.3) is 0 Å². The number of rotatable bonds is 7. The maximum Gasteiger partial charge on any atom is 0.128 e. The minimum atomic E-state index is 0.190. The maximum absolute atomic E-state index is 5.82. The van der Waals surface area contributed by atoms with Crippen LogP contribution in [0.3, 0.4) is 0 Å². The zero-order chi connectivity index (χ0) is 14.4. The smallest absolute Gasteiger partial charge is 0.128 e. The van der Waals surface area contributed by atoms with E-state index >= 15 is 0 Å². The summed E-state index contributed by atoms with van der Waals surface area (Å²) in [7, 11) is 0. The van der Waals surface area contributed by atoms with E-state index in [-0.39, 0.29) is 6.04 Å². The number of nitrogens with zero attached hydrogens (tertiary/aromatic N) is 2. The molecule has 0 bridgehead atoms. The zero-order valence-electron chi connectivity index (χ0n) is 13.1. The summed E-state index contributed by atoms with van der Waals surface area (Å²) in [5, 5.41) is 0. The van der Waals surface area contributed by atoms with Crippen LogP contribution in [0.15, 0.2) is 18.3 Å². The van der Waals surface area contributed by atoms with Crippen molar-refractivity contribution in [3.8, 4) is 0 Å². The van der Waals surface area contributed by atoms with Gasteiger partial charge in [0.2, 0.25) is 0 Å². The third kappa shape index (κ3) is 6.06. The second-order valence-electron chi connectivity index (χ2n) is 6.40. The average Bonchev–Trinajstić information content (AvgIpc) is 2.27. The summed E-state index contributed by atoms with van der Waals surface area (Å²) in [4.78, 5) is 6.99. The first-order chi connectivity index (χ1) is 8.88. The fraction of sp³-hybridized carbons (Fsp3) is 0.688. The van der Waals surface area contributed by atoms with Crippen molar-refractivity contribution < 1.29 is 0 Å². The van der Waals surface area contributed by atoms with Crippen LogP contribution in [0.1, 0.15) is 40.2 Å². The minimum Gasteiger partial charge on any atom is -0.356 e. The van der Waals surface area contributed by atoms with Gasteiger partial charge >= 0.3 is 0 Å². The van der Waals surface area contributed by atoms with Crippen LogP contribution in [-0.4, -0.2) is 24.1 Å². The largest absolute Gasteiger partial charge is 0.356 e. The van der Waals surface area contributed by atoms with Crippen molar-refractivity contribution in [1.82, 2.24) is 4.98 Å². The van der Waals surface area contributed by atoms with Crippen LogP contribution in [0, 0.1) is 11.8 Å². The van der Waals surface area contributed by atoms with Crippen molar-refractivity contribution >= 4 is 5.82 Å². The van der Waals surface area contributed by atoms with Gasteiger partial charge in [0.05, 0.1) is 0 Å². The van der Waals surface area contributed by atoms with Crippen molar-refractivity contribution in [2.45, 2.75) is 47.1 Å². The summed E-state index contributed by atoms with van der Waals surface area (Å²) in [6.45, 7) is 13.1. The Labute approximate surface area is 118 Å². The molecule has 0 fully saturated rings. The number of anilines is 1. The first kappa shape index (κ1) is 16.0. The zero-order valence-corrected chi connectivity index (χ0v) is 13.1. The Kier molecular flexibility index (Phi) is 6.29. The van der Waals surface area contributed by atoms with Crippen LogP contribution in [0.5, 0.6) is 0 Å². The van der Waals surface area contributed by atoms with Gasteiger partial charge in [-0.3, -0.25) is 0 Å². The minimum absolute atomic E-state index is 0.190. The van der Waals surface area contributed by atoms with Gasteiger partial charge in [-0.2, -0.15) is 0 Å². The summed E-state index contributed by atoms with van der Waals surface area (Å²) in [5.41, 5.74) is 7.03. The molecule has 1 unspecified atom stereocenters. The highest BCUT2D eigenvalue weighted by molar-refractivity contribution is 5.39. The van der Waals surface area contributed by atoms with E-state index in [1.54, 1.807) is 0 Å². The lowest BCUT2D eigenvalue weighted by Gasteiger charge is -2.27. The molecule has 1 heterocycles. The third-order valence-corrected chi connectivity index (χ3v) is 2.86. The number of pyridine rings is 1. The molecule has 0 spiro atoms. The van der Waals surface area contributed by atoms with Crippen molar-refractivity contribution in [2.75, 3.05) is 18.0 Å². The molecular formula is C16H29N3. The molecule has 0 aliphatic heterocycles. The molecule has 0 saturated heterocycles. The number of hydrogen-bond acceptors (Lipinski definition) is 3. The molecule has 1 aromatic rings. The molecule has 3 nitrogen and oxygen atoms in total. The van der Waals surface area contributed by atoms with E-state index in [2.05, 4.69) is 49.7 Å². The Morgan fingerprint density at radius 3 is 2.00 bits per heavy atom. The number of aromatic nitrogens is 1. The van der Waals surface area contributed by atoms with Gasteiger partial charge in [-0.05, 0) is 36.8 Å². The number of hydrogen-bond donors (Lipinski definition) is 1. The van der Waals surface area contributed by atoms with Gasteiger partial charge in [0.15, 0.2) is 0 Å². The van der Waals surface area contributed by atoms with Gasteiger partial charge in [-0.1, -0.05) is 33.8 Å². The molecule has 0 aromatic carbocycles. The Morgan fingerprint density at radius 2 is 1.63 bits per heavy atom. The highest BCUT2D eigenvalue weighted by Crippen LogP contribution is 2.16. The lowest BCUT2D eigenvalue weighted by atomic mass is 10.1. The molecule has 0 aliphatic carbocycles. The van der Waals surface area contributed by atoms with Gasteiger partial charge in [-0.25, -0.2) is 4.98 Å². The normalized spacial score (nSPS) is 13.1. The predicted molar refractivity (Wildman–Crippen MR) is 83.5 cm³/mol. The van der Waals surface area contributed by atoms with E-state index in [1.807, 2.05) is 13.1 Å². The molecule has 3 heteroatoms. The molecular weight excluding hydrogens is 234 g/mol. The summed E-state index contributed by atoms with van der Waals surface area (Å²) >= 11 is 0. The summed E-state index contributed by atoms with van der Waals surface area (Å²) < 4.78 is 0. The topological polar surface area (TPSA) is 42.1 Å². The molecule has 0 saturated carbocycles. The van der Waals surface area contributed by atoms with Gasteiger partial charge in [0.25, 0.3) is 0 Å². The lowest BCUT2D eigenvalue weighted by molar-refractivity contribution is 0.548. The first-order valence-electron chi connectivity index (χ1n) is 7.34. The van der Waals surface area contributed by atoms with Crippen molar-refractivity contribution in [2.24, 2.45) is 17.6 Å². The Hall–Kier alpha value is -1.09. The predicted octanol–water partition coefficient (Wildman–Crippen LogP) is 3.09. The third-order valence-electron chi connectivity index (χ3n) is 2.86. The molecule has 2 N–H and O–H groups in total. The van der Waals surface area contributed by atoms with Gasteiger partial charge in [-0.15, -0.1) is 0 Å². The Balaban J connectivity index is 2.78. The van der Waals surface area contributed by atoms with Gasteiger partial charge < -0.3 is 10.6 Å². The van der Waals surface area contributed by atoms with E-state index in [1.165, 1.54) is 5.56 Å². The SMILES string of the molecule is CC(C)CN(CC(C)C)c1ccc(CC(C)N)cn1. The Bertz CT molecular complexity index is 345. The summed E-state index contributed by atoms with van der Waals surface area (Å²) in [5.74, 6) is 2.37.